The van der Waals surface area contributed by atoms with Crippen molar-refractivity contribution >= 4 is 39.2 Å². The highest BCUT2D eigenvalue weighted by molar-refractivity contribution is 7.14. The minimum Gasteiger partial charge on any atom is -0.360 e. The summed E-state index contributed by atoms with van der Waals surface area (Å²) in [5.41, 5.74) is 2.84. The number of aromatic nitrogens is 2. The van der Waals surface area contributed by atoms with Crippen LogP contribution < -0.4 is 10.6 Å². The molecule has 0 saturated heterocycles. The first-order chi connectivity index (χ1) is 12.0. The summed E-state index contributed by atoms with van der Waals surface area (Å²) >= 11 is 1.36. The van der Waals surface area contributed by atoms with Crippen LogP contribution in [0.25, 0.3) is 22.2 Å². The highest BCUT2D eigenvalue weighted by Crippen LogP contribution is 2.31. The number of rotatable bonds is 5. The molecule has 0 saturated carbocycles. The van der Waals surface area contributed by atoms with E-state index >= 15 is 0 Å². The van der Waals surface area contributed by atoms with Gasteiger partial charge in [-0.25, -0.2) is 4.98 Å². The van der Waals surface area contributed by atoms with Gasteiger partial charge in [0.25, 0.3) is 0 Å². The Morgan fingerprint density at radius 3 is 2.72 bits per heavy atom. The van der Waals surface area contributed by atoms with E-state index in [2.05, 4.69) is 20.6 Å². The monoisotopic (exact) mass is 356 g/mol. The van der Waals surface area contributed by atoms with Crippen LogP contribution in [0.15, 0.2) is 35.8 Å². The van der Waals surface area contributed by atoms with Crippen molar-refractivity contribution in [3.05, 3.63) is 35.8 Å². The van der Waals surface area contributed by atoms with Crippen molar-refractivity contribution < 1.29 is 9.59 Å². The first kappa shape index (κ1) is 17.2. The van der Waals surface area contributed by atoms with Crippen LogP contribution in [-0.4, -0.2) is 27.8 Å². The molecule has 1 atom stereocenters. The number of anilines is 1. The lowest BCUT2D eigenvalue weighted by atomic mass is 10.0. The maximum absolute atomic E-state index is 12.4. The van der Waals surface area contributed by atoms with Gasteiger partial charge in [-0.05, 0) is 12.0 Å². The molecule has 25 heavy (non-hydrogen) atoms. The fourth-order valence-corrected chi connectivity index (χ4v) is 3.39. The van der Waals surface area contributed by atoms with Gasteiger partial charge in [0.05, 0.1) is 5.69 Å². The molecule has 1 aromatic carbocycles. The molecule has 0 aliphatic carbocycles. The molecule has 3 aromatic rings. The van der Waals surface area contributed by atoms with E-state index in [-0.39, 0.29) is 17.7 Å². The summed E-state index contributed by atoms with van der Waals surface area (Å²) in [5, 5.41) is 8.99. The molecular weight excluding hydrogens is 336 g/mol. The van der Waals surface area contributed by atoms with Crippen molar-refractivity contribution in [3.8, 4) is 11.3 Å². The van der Waals surface area contributed by atoms with Crippen molar-refractivity contribution in [2.75, 3.05) is 5.32 Å². The lowest BCUT2D eigenvalue weighted by molar-refractivity contribution is -0.126. The first-order valence-corrected chi connectivity index (χ1v) is 8.93. The summed E-state index contributed by atoms with van der Waals surface area (Å²) in [6.45, 7) is 5.18. The summed E-state index contributed by atoms with van der Waals surface area (Å²) in [4.78, 5) is 31.5. The van der Waals surface area contributed by atoms with Crippen LogP contribution in [0.3, 0.4) is 0 Å². The van der Waals surface area contributed by atoms with Gasteiger partial charge in [0.2, 0.25) is 11.8 Å². The molecule has 0 aliphatic rings. The van der Waals surface area contributed by atoms with Gasteiger partial charge in [0.1, 0.15) is 6.04 Å². The summed E-state index contributed by atoms with van der Waals surface area (Å²) in [5.74, 6) is -0.505. The highest BCUT2D eigenvalue weighted by Gasteiger charge is 2.24. The van der Waals surface area contributed by atoms with E-state index in [1.807, 2.05) is 49.7 Å². The van der Waals surface area contributed by atoms with Crippen molar-refractivity contribution in [2.45, 2.75) is 26.8 Å². The molecule has 2 heterocycles. The number of carbonyl (C=O) groups is 2. The first-order valence-electron chi connectivity index (χ1n) is 8.05. The molecule has 0 spiro atoms. The SMILES string of the molecule is CC(=O)N[C@@H](C(=O)Nc1nc(-c2c[nH]c3ccccc23)cs1)C(C)C. The van der Waals surface area contributed by atoms with Crippen LogP contribution in [0, 0.1) is 5.92 Å². The van der Waals surface area contributed by atoms with Crippen LogP contribution in [0.5, 0.6) is 0 Å². The van der Waals surface area contributed by atoms with Crippen molar-refractivity contribution in [1.82, 2.24) is 15.3 Å². The van der Waals surface area contributed by atoms with Gasteiger partial charge in [-0.1, -0.05) is 32.0 Å². The van der Waals surface area contributed by atoms with Gasteiger partial charge in [-0.15, -0.1) is 11.3 Å². The van der Waals surface area contributed by atoms with E-state index in [9.17, 15) is 9.59 Å². The zero-order valence-corrected chi connectivity index (χ0v) is 15.1. The standard InChI is InChI=1S/C18H20N4O2S/c1-10(2)16(20-11(3)23)17(24)22-18-21-15(9-25-18)13-8-19-14-7-5-4-6-12(13)14/h4-10,16,19H,1-3H3,(H,20,23)(H,21,22,24)/t16-/m1/s1. The maximum atomic E-state index is 12.4. The second-order valence-corrected chi connectivity index (χ2v) is 7.06. The normalized spacial score (nSPS) is 12.3. The summed E-state index contributed by atoms with van der Waals surface area (Å²) in [6.07, 6.45) is 1.92. The van der Waals surface area contributed by atoms with Crippen LogP contribution in [0.1, 0.15) is 20.8 Å². The number of carbonyl (C=O) groups excluding carboxylic acids is 2. The van der Waals surface area contributed by atoms with Crippen LogP contribution in [0.4, 0.5) is 5.13 Å². The number of H-pyrrole nitrogens is 1. The lowest BCUT2D eigenvalue weighted by Crippen LogP contribution is -2.46. The van der Waals surface area contributed by atoms with Crippen LogP contribution in [0.2, 0.25) is 0 Å². The Bertz CT molecular complexity index is 913. The van der Waals surface area contributed by atoms with Crippen LogP contribution in [-0.2, 0) is 9.59 Å². The van der Waals surface area contributed by atoms with Gasteiger partial charge in [0, 0.05) is 35.0 Å². The van der Waals surface area contributed by atoms with E-state index in [1.165, 1.54) is 18.3 Å². The van der Waals surface area contributed by atoms with E-state index in [0.717, 1.165) is 22.2 Å². The zero-order valence-electron chi connectivity index (χ0n) is 14.3. The molecule has 7 heteroatoms. The minimum atomic E-state index is -0.585. The summed E-state index contributed by atoms with van der Waals surface area (Å²) in [6, 6.07) is 7.41. The Morgan fingerprint density at radius 2 is 2.00 bits per heavy atom. The molecule has 0 aliphatic heterocycles. The molecule has 0 unspecified atom stereocenters. The molecule has 0 fully saturated rings. The van der Waals surface area contributed by atoms with Crippen LogP contribution >= 0.6 is 11.3 Å². The Morgan fingerprint density at radius 1 is 1.24 bits per heavy atom. The van der Waals surface area contributed by atoms with Crippen molar-refractivity contribution in [2.24, 2.45) is 5.92 Å². The Kier molecular flexibility index (Phi) is 4.85. The van der Waals surface area contributed by atoms with Gasteiger partial charge in [-0.3, -0.25) is 9.59 Å². The fraction of sp³-hybridized carbons (Fsp3) is 0.278. The number of para-hydroxylation sites is 1. The third-order valence-electron chi connectivity index (χ3n) is 3.91. The second-order valence-electron chi connectivity index (χ2n) is 6.20. The number of fused-ring (bicyclic) bond motifs is 1. The smallest absolute Gasteiger partial charge is 0.248 e. The van der Waals surface area contributed by atoms with Gasteiger partial charge < -0.3 is 15.6 Å². The number of nitrogens with zero attached hydrogens (tertiary/aromatic N) is 1. The van der Waals surface area contributed by atoms with E-state index in [4.69, 9.17) is 0 Å². The van der Waals surface area contributed by atoms with E-state index < -0.39 is 6.04 Å². The molecular formula is C18H20N4O2S. The number of hydrogen-bond donors (Lipinski definition) is 3. The molecule has 0 radical (unpaired) electrons. The fourth-order valence-electron chi connectivity index (χ4n) is 2.68. The zero-order chi connectivity index (χ0) is 18.0. The molecule has 2 aromatic heterocycles. The molecule has 2 amide bonds. The third kappa shape index (κ3) is 3.71. The third-order valence-corrected chi connectivity index (χ3v) is 4.67. The number of benzene rings is 1. The maximum Gasteiger partial charge on any atom is 0.248 e. The van der Waals surface area contributed by atoms with Gasteiger partial charge in [0.15, 0.2) is 5.13 Å². The molecule has 3 N–H and O–H groups in total. The van der Waals surface area contributed by atoms with Crippen molar-refractivity contribution in [3.63, 3.8) is 0 Å². The predicted molar refractivity (Wildman–Crippen MR) is 100 cm³/mol. The van der Waals surface area contributed by atoms with Crippen molar-refractivity contribution in [1.29, 1.82) is 0 Å². The van der Waals surface area contributed by atoms with E-state index in [1.54, 1.807) is 0 Å². The summed E-state index contributed by atoms with van der Waals surface area (Å²) < 4.78 is 0. The number of nitrogens with one attached hydrogen (secondary N) is 3. The van der Waals surface area contributed by atoms with E-state index in [0.29, 0.717) is 5.13 Å². The average molecular weight is 356 g/mol. The number of thiazole rings is 1. The second kappa shape index (κ2) is 7.06. The minimum absolute atomic E-state index is 0.0167. The molecule has 130 valence electrons. The largest absolute Gasteiger partial charge is 0.360 e. The highest BCUT2D eigenvalue weighted by atomic mass is 32.1. The molecule has 0 bridgehead atoms. The number of amides is 2. The average Bonchev–Trinajstić information content (AvgIpc) is 3.18. The summed E-state index contributed by atoms with van der Waals surface area (Å²) in [7, 11) is 0. The quantitative estimate of drug-likeness (QED) is 0.655. The Hall–Kier alpha value is -2.67. The Labute approximate surface area is 149 Å². The lowest BCUT2D eigenvalue weighted by Gasteiger charge is -2.20. The molecule has 3 rings (SSSR count). The van der Waals surface area contributed by atoms with Gasteiger partial charge >= 0.3 is 0 Å². The van der Waals surface area contributed by atoms with Gasteiger partial charge in [-0.2, -0.15) is 0 Å². The topological polar surface area (TPSA) is 86.9 Å². The number of hydrogen-bond acceptors (Lipinski definition) is 4. The Balaban J connectivity index is 1.79. The molecule has 6 nitrogen and oxygen atoms in total. The number of aromatic amines is 1. The predicted octanol–water partition coefficient (Wildman–Crippen LogP) is 3.39.